The number of hydrogen-bond acceptors (Lipinski definition) is 2. The van der Waals surface area contributed by atoms with Gasteiger partial charge in [0.25, 0.3) is 0 Å². The second kappa shape index (κ2) is 5.33. The minimum absolute atomic E-state index is 0.107. The predicted molar refractivity (Wildman–Crippen MR) is 84.7 cm³/mol. The van der Waals surface area contributed by atoms with Gasteiger partial charge in [-0.05, 0) is 30.0 Å². The van der Waals surface area contributed by atoms with Crippen LogP contribution in [-0.2, 0) is 0 Å². The SMILES string of the molecule is COc1ccc(C(Br)c2coc(C)c2)c2ccccc12. The highest BCUT2D eigenvalue weighted by Gasteiger charge is 2.16. The summed E-state index contributed by atoms with van der Waals surface area (Å²) in [6.45, 7) is 1.95. The van der Waals surface area contributed by atoms with Gasteiger partial charge in [0.05, 0.1) is 18.2 Å². The molecule has 20 heavy (non-hydrogen) atoms. The molecule has 1 atom stereocenters. The fraction of sp³-hybridized carbons (Fsp3) is 0.176. The van der Waals surface area contributed by atoms with E-state index in [1.807, 2.05) is 25.1 Å². The first kappa shape index (κ1) is 13.3. The zero-order valence-electron chi connectivity index (χ0n) is 11.4. The molecule has 3 rings (SSSR count). The van der Waals surface area contributed by atoms with Crippen LogP contribution in [0.4, 0.5) is 0 Å². The Bertz CT molecular complexity index is 746. The Hall–Kier alpha value is -1.74. The molecule has 0 amide bonds. The van der Waals surface area contributed by atoms with E-state index in [1.54, 1.807) is 13.4 Å². The number of aryl methyl sites for hydroxylation is 1. The third-order valence-electron chi connectivity index (χ3n) is 3.45. The van der Waals surface area contributed by atoms with E-state index in [0.717, 1.165) is 22.5 Å². The van der Waals surface area contributed by atoms with E-state index in [4.69, 9.17) is 9.15 Å². The van der Waals surface area contributed by atoms with E-state index in [-0.39, 0.29) is 4.83 Å². The van der Waals surface area contributed by atoms with Crippen LogP contribution in [-0.4, -0.2) is 7.11 Å². The maximum Gasteiger partial charge on any atom is 0.126 e. The lowest BCUT2D eigenvalue weighted by atomic mass is 9.99. The van der Waals surface area contributed by atoms with Gasteiger partial charge in [0.15, 0.2) is 0 Å². The Kier molecular flexibility index (Phi) is 3.53. The van der Waals surface area contributed by atoms with Crippen LogP contribution in [0.5, 0.6) is 5.75 Å². The molecular formula is C17H15BrO2. The molecule has 0 bridgehead atoms. The first-order valence-electron chi connectivity index (χ1n) is 6.45. The number of furan rings is 1. The number of rotatable bonds is 3. The lowest BCUT2D eigenvalue weighted by Gasteiger charge is -2.14. The van der Waals surface area contributed by atoms with E-state index < -0.39 is 0 Å². The second-order valence-corrected chi connectivity index (χ2v) is 5.67. The van der Waals surface area contributed by atoms with Crippen molar-refractivity contribution in [2.24, 2.45) is 0 Å². The van der Waals surface area contributed by atoms with Crippen LogP contribution in [0.1, 0.15) is 21.7 Å². The van der Waals surface area contributed by atoms with Crippen molar-refractivity contribution in [1.82, 2.24) is 0 Å². The summed E-state index contributed by atoms with van der Waals surface area (Å²) in [4.78, 5) is 0.107. The van der Waals surface area contributed by atoms with E-state index in [2.05, 4.69) is 40.2 Å². The van der Waals surface area contributed by atoms with E-state index >= 15 is 0 Å². The number of methoxy groups -OCH3 is 1. The standard InChI is InChI=1S/C17H15BrO2/c1-11-9-12(10-20-11)17(18)15-7-8-16(19-2)14-6-4-3-5-13(14)15/h3-10,17H,1-2H3. The van der Waals surface area contributed by atoms with Crippen molar-refractivity contribution < 1.29 is 9.15 Å². The van der Waals surface area contributed by atoms with E-state index in [9.17, 15) is 0 Å². The quantitative estimate of drug-likeness (QED) is 0.613. The topological polar surface area (TPSA) is 22.4 Å². The first-order chi connectivity index (χ1) is 9.70. The summed E-state index contributed by atoms with van der Waals surface area (Å²) in [6, 6.07) is 14.4. The fourth-order valence-corrected chi connectivity index (χ4v) is 3.11. The summed E-state index contributed by atoms with van der Waals surface area (Å²) in [5.74, 6) is 1.81. The van der Waals surface area contributed by atoms with Gasteiger partial charge in [-0.1, -0.05) is 46.3 Å². The van der Waals surface area contributed by atoms with Crippen molar-refractivity contribution in [1.29, 1.82) is 0 Å². The largest absolute Gasteiger partial charge is 0.496 e. The molecule has 3 heteroatoms. The Labute approximate surface area is 126 Å². The lowest BCUT2D eigenvalue weighted by Crippen LogP contribution is -1.94. The summed E-state index contributed by atoms with van der Waals surface area (Å²) < 4.78 is 10.8. The van der Waals surface area contributed by atoms with Crippen molar-refractivity contribution in [2.45, 2.75) is 11.8 Å². The predicted octanol–water partition coefficient (Wildman–Crippen LogP) is 5.23. The van der Waals surface area contributed by atoms with Gasteiger partial charge in [-0.3, -0.25) is 0 Å². The second-order valence-electron chi connectivity index (χ2n) is 4.76. The van der Waals surface area contributed by atoms with Crippen LogP contribution in [0.25, 0.3) is 10.8 Å². The minimum atomic E-state index is 0.107. The summed E-state index contributed by atoms with van der Waals surface area (Å²) in [5.41, 5.74) is 2.33. The molecular weight excluding hydrogens is 316 g/mol. The van der Waals surface area contributed by atoms with Crippen LogP contribution >= 0.6 is 15.9 Å². The van der Waals surface area contributed by atoms with Crippen LogP contribution in [0, 0.1) is 6.92 Å². The Balaban J connectivity index is 2.17. The zero-order valence-corrected chi connectivity index (χ0v) is 13.0. The summed E-state index contributed by atoms with van der Waals surface area (Å²) in [6.07, 6.45) is 1.80. The number of alkyl halides is 1. The molecule has 0 fully saturated rings. The Morgan fingerprint density at radius 2 is 1.85 bits per heavy atom. The van der Waals surface area contributed by atoms with Crippen molar-refractivity contribution in [2.75, 3.05) is 7.11 Å². The van der Waals surface area contributed by atoms with Gasteiger partial charge in [-0.25, -0.2) is 0 Å². The zero-order chi connectivity index (χ0) is 14.1. The van der Waals surface area contributed by atoms with Crippen molar-refractivity contribution in [3.63, 3.8) is 0 Å². The maximum absolute atomic E-state index is 5.44. The highest BCUT2D eigenvalue weighted by Crippen LogP contribution is 2.38. The first-order valence-corrected chi connectivity index (χ1v) is 7.37. The molecule has 0 saturated carbocycles. The molecule has 0 aliphatic carbocycles. The summed E-state index contributed by atoms with van der Waals surface area (Å²) >= 11 is 3.77. The van der Waals surface area contributed by atoms with E-state index in [1.165, 1.54) is 10.9 Å². The fourth-order valence-electron chi connectivity index (χ4n) is 2.47. The maximum atomic E-state index is 5.44. The molecule has 0 spiro atoms. The third kappa shape index (κ3) is 2.22. The molecule has 0 saturated heterocycles. The third-order valence-corrected chi connectivity index (χ3v) is 4.48. The number of ether oxygens (including phenoxy) is 1. The highest BCUT2D eigenvalue weighted by molar-refractivity contribution is 9.09. The van der Waals surface area contributed by atoms with E-state index in [0.29, 0.717) is 0 Å². The summed E-state index contributed by atoms with van der Waals surface area (Å²) in [7, 11) is 1.70. The molecule has 0 aliphatic rings. The number of hydrogen-bond donors (Lipinski definition) is 0. The lowest BCUT2D eigenvalue weighted by molar-refractivity contribution is 0.419. The van der Waals surface area contributed by atoms with Gasteiger partial charge in [0.1, 0.15) is 11.5 Å². The summed E-state index contributed by atoms with van der Waals surface area (Å²) in [5, 5.41) is 2.31. The number of fused-ring (bicyclic) bond motifs is 1. The Morgan fingerprint density at radius 3 is 2.50 bits per heavy atom. The molecule has 102 valence electrons. The number of benzene rings is 2. The van der Waals surface area contributed by atoms with Gasteiger partial charge >= 0.3 is 0 Å². The van der Waals surface area contributed by atoms with Gasteiger partial charge < -0.3 is 9.15 Å². The van der Waals surface area contributed by atoms with Gasteiger partial charge in [0.2, 0.25) is 0 Å². The average Bonchev–Trinajstić information content (AvgIpc) is 2.92. The Morgan fingerprint density at radius 1 is 1.10 bits per heavy atom. The van der Waals surface area contributed by atoms with Crippen LogP contribution in [0.2, 0.25) is 0 Å². The van der Waals surface area contributed by atoms with Crippen molar-refractivity contribution in [3.8, 4) is 5.75 Å². The van der Waals surface area contributed by atoms with Crippen LogP contribution < -0.4 is 4.74 Å². The average molecular weight is 331 g/mol. The van der Waals surface area contributed by atoms with Crippen LogP contribution in [0.3, 0.4) is 0 Å². The normalized spacial score (nSPS) is 12.6. The van der Waals surface area contributed by atoms with Gasteiger partial charge in [0, 0.05) is 10.9 Å². The van der Waals surface area contributed by atoms with Gasteiger partial charge in [-0.2, -0.15) is 0 Å². The van der Waals surface area contributed by atoms with Crippen molar-refractivity contribution in [3.05, 3.63) is 65.6 Å². The van der Waals surface area contributed by atoms with Crippen molar-refractivity contribution >= 4 is 26.7 Å². The number of halogens is 1. The molecule has 1 aromatic heterocycles. The molecule has 3 aromatic rings. The molecule has 0 aliphatic heterocycles. The molecule has 2 nitrogen and oxygen atoms in total. The van der Waals surface area contributed by atoms with Crippen LogP contribution in [0.15, 0.2) is 53.1 Å². The molecule has 1 unspecified atom stereocenters. The highest BCUT2D eigenvalue weighted by atomic mass is 79.9. The minimum Gasteiger partial charge on any atom is -0.496 e. The molecule has 2 aromatic carbocycles. The van der Waals surface area contributed by atoms with Gasteiger partial charge in [-0.15, -0.1) is 0 Å². The molecule has 0 N–H and O–H groups in total. The molecule has 1 heterocycles. The monoisotopic (exact) mass is 330 g/mol. The molecule has 0 radical (unpaired) electrons. The smallest absolute Gasteiger partial charge is 0.126 e.